The number of amides is 2. The predicted molar refractivity (Wildman–Crippen MR) is 102 cm³/mol. The van der Waals surface area contributed by atoms with E-state index in [1.165, 1.54) is 18.2 Å². The molecule has 0 aliphatic carbocycles. The zero-order chi connectivity index (χ0) is 19.6. The van der Waals surface area contributed by atoms with Crippen molar-refractivity contribution in [1.29, 1.82) is 0 Å². The van der Waals surface area contributed by atoms with Gasteiger partial charge < -0.3 is 15.4 Å². The van der Waals surface area contributed by atoms with Crippen molar-refractivity contribution in [3.8, 4) is 5.75 Å². The fourth-order valence-corrected chi connectivity index (χ4v) is 4.08. The van der Waals surface area contributed by atoms with Crippen LogP contribution in [0.25, 0.3) is 0 Å². The van der Waals surface area contributed by atoms with E-state index in [0.717, 1.165) is 5.56 Å². The largest absolute Gasteiger partial charge is 0.482 e. The van der Waals surface area contributed by atoms with Crippen LogP contribution in [0.2, 0.25) is 5.02 Å². The molecule has 7 nitrogen and oxygen atoms in total. The van der Waals surface area contributed by atoms with Crippen molar-refractivity contribution in [3.05, 3.63) is 47.0 Å². The van der Waals surface area contributed by atoms with Gasteiger partial charge in [0.1, 0.15) is 5.75 Å². The molecule has 0 unspecified atom stereocenters. The van der Waals surface area contributed by atoms with E-state index in [-0.39, 0.29) is 29.6 Å². The van der Waals surface area contributed by atoms with Crippen molar-refractivity contribution in [2.45, 2.75) is 18.2 Å². The van der Waals surface area contributed by atoms with E-state index >= 15 is 0 Å². The molecule has 9 heteroatoms. The molecule has 27 heavy (non-hydrogen) atoms. The fraction of sp³-hybridized carbons (Fsp3) is 0.222. The molecule has 1 aliphatic heterocycles. The van der Waals surface area contributed by atoms with Gasteiger partial charge in [0.2, 0.25) is 5.91 Å². The van der Waals surface area contributed by atoms with Crippen LogP contribution >= 0.6 is 11.6 Å². The second-order valence-electron chi connectivity index (χ2n) is 6.10. The SMILES string of the molecule is Cc1ccc(NC(=O)CCS(=O)(=O)c2ccc3c(c2)NC(=O)CO3)c(Cl)c1. The quantitative estimate of drug-likeness (QED) is 0.792. The standard InChI is InChI=1S/C18H17ClN2O5S/c1-11-2-4-14(13(19)8-11)20-17(22)6-7-27(24,25)12-3-5-16-15(9-12)21-18(23)10-26-16/h2-5,8-9H,6-7,10H2,1H3,(H,20,22)(H,21,23). The number of anilines is 2. The summed E-state index contributed by atoms with van der Waals surface area (Å²) in [6, 6.07) is 9.36. The number of nitrogens with one attached hydrogen (secondary N) is 2. The van der Waals surface area contributed by atoms with Crippen LogP contribution in [0.4, 0.5) is 11.4 Å². The second kappa shape index (κ2) is 7.58. The maximum Gasteiger partial charge on any atom is 0.262 e. The highest BCUT2D eigenvalue weighted by atomic mass is 35.5. The summed E-state index contributed by atoms with van der Waals surface area (Å²) in [5.74, 6) is -0.791. The summed E-state index contributed by atoms with van der Waals surface area (Å²) < 4.78 is 30.2. The average Bonchev–Trinajstić information content (AvgIpc) is 2.62. The third-order valence-corrected chi connectivity index (χ3v) is 5.97. The summed E-state index contributed by atoms with van der Waals surface area (Å²) in [5, 5.41) is 5.55. The van der Waals surface area contributed by atoms with Gasteiger partial charge in [-0.25, -0.2) is 8.42 Å². The first-order chi connectivity index (χ1) is 12.7. The van der Waals surface area contributed by atoms with Crippen molar-refractivity contribution in [3.63, 3.8) is 0 Å². The minimum atomic E-state index is -3.72. The normalized spacial score (nSPS) is 13.3. The molecule has 0 saturated heterocycles. The molecule has 0 aromatic heterocycles. The molecule has 142 valence electrons. The molecule has 2 aromatic carbocycles. The topological polar surface area (TPSA) is 102 Å². The molecular formula is C18H17ClN2O5S. The lowest BCUT2D eigenvalue weighted by Gasteiger charge is -2.18. The Morgan fingerprint density at radius 3 is 2.78 bits per heavy atom. The molecule has 3 rings (SSSR count). The van der Waals surface area contributed by atoms with E-state index in [1.807, 2.05) is 6.92 Å². The summed E-state index contributed by atoms with van der Waals surface area (Å²) in [4.78, 5) is 23.5. The molecular weight excluding hydrogens is 392 g/mol. The van der Waals surface area contributed by atoms with Crippen molar-refractivity contribution in [2.75, 3.05) is 23.0 Å². The van der Waals surface area contributed by atoms with E-state index in [9.17, 15) is 18.0 Å². The summed E-state index contributed by atoms with van der Waals surface area (Å²) in [6.07, 6.45) is -0.230. The number of halogens is 1. The molecule has 2 amide bonds. The van der Waals surface area contributed by atoms with Gasteiger partial charge in [-0.3, -0.25) is 9.59 Å². The Morgan fingerprint density at radius 2 is 2.04 bits per heavy atom. The van der Waals surface area contributed by atoms with Gasteiger partial charge in [0.15, 0.2) is 16.4 Å². The number of benzene rings is 2. The van der Waals surface area contributed by atoms with Gasteiger partial charge in [0.25, 0.3) is 5.91 Å². The summed E-state index contributed by atoms with van der Waals surface area (Å²) >= 11 is 6.06. The number of aryl methyl sites for hydroxylation is 1. The molecule has 0 fully saturated rings. The molecule has 0 bridgehead atoms. The Labute approximate surface area is 161 Å². The molecule has 2 aromatic rings. The van der Waals surface area contributed by atoms with Crippen LogP contribution in [0.5, 0.6) is 5.75 Å². The van der Waals surface area contributed by atoms with Crippen LogP contribution in [0, 0.1) is 6.92 Å². The number of carbonyl (C=O) groups excluding carboxylic acids is 2. The number of hydrogen-bond acceptors (Lipinski definition) is 5. The lowest BCUT2D eigenvalue weighted by atomic mass is 10.2. The first-order valence-corrected chi connectivity index (χ1v) is 10.1. The number of rotatable bonds is 5. The first kappa shape index (κ1) is 19.2. The molecule has 1 aliphatic rings. The van der Waals surface area contributed by atoms with Crippen LogP contribution in [0.15, 0.2) is 41.3 Å². The Kier molecular flexibility index (Phi) is 5.38. The Hall–Kier alpha value is -2.58. The van der Waals surface area contributed by atoms with Crippen LogP contribution in [0.1, 0.15) is 12.0 Å². The number of ether oxygens (including phenoxy) is 1. The van der Waals surface area contributed by atoms with Gasteiger partial charge >= 0.3 is 0 Å². The van der Waals surface area contributed by atoms with Gasteiger partial charge in [-0.2, -0.15) is 0 Å². The van der Waals surface area contributed by atoms with E-state index in [1.54, 1.807) is 18.2 Å². The van der Waals surface area contributed by atoms with Crippen molar-refractivity contribution < 1.29 is 22.7 Å². The maximum atomic E-state index is 12.5. The molecule has 0 atom stereocenters. The fourth-order valence-electron chi connectivity index (χ4n) is 2.53. The molecule has 2 N–H and O–H groups in total. The second-order valence-corrected chi connectivity index (χ2v) is 8.61. The summed E-state index contributed by atoms with van der Waals surface area (Å²) in [6.45, 7) is 1.76. The van der Waals surface area contributed by atoms with Crippen molar-refractivity contribution >= 4 is 44.6 Å². The Bertz CT molecular complexity index is 1020. The highest BCUT2D eigenvalue weighted by molar-refractivity contribution is 7.91. The third kappa shape index (κ3) is 4.58. The maximum absolute atomic E-state index is 12.5. The highest BCUT2D eigenvalue weighted by Gasteiger charge is 2.22. The predicted octanol–water partition coefficient (Wildman–Crippen LogP) is 2.78. The zero-order valence-electron chi connectivity index (χ0n) is 14.4. The number of carbonyl (C=O) groups is 2. The Morgan fingerprint density at radius 1 is 1.26 bits per heavy atom. The summed E-state index contributed by atoms with van der Waals surface area (Å²) in [7, 11) is -3.72. The minimum absolute atomic E-state index is 0.00761. The lowest BCUT2D eigenvalue weighted by molar-refractivity contribution is -0.118. The average molecular weight is 409 g/mol. The smallest absolute Gasteiger partial charge is 0.262 e. The molecule has 0 saturated carbocycles. The number of hydrogen-bond donors (Lipinski definition) is 2. The van der Waals surface area contributed by atoms with Gasteiger partial charge in [-0.1, -0.05) is 17.7 Å². The molecule has 0 radical (unpaired) electrons. The van der Waals surface area contributed by atoms with Gasteiger partial charge in [-0.15, -0.1) is 0 Å². The molecule has 1 heterocycles. The van der Waals surface area contributed by atoms with Crippen LogP contribution in [0.3, 0.4) is 0 Å². The van der Waals surface area contributed by atoms with Crippen molar-refractivity contribution in [2.24, 2.45) is 0 Å². The monoisotopic (exact) mass is 408 g/mol. The van der Waals surface area contributed by atoms with Gasteiger partial charge in [0.05, 0.1) is 27.0 Å². The van der Waals surface area contributed by atoms with Crippen molar-refractivity contribution in [1.82, 2.24) is 0 Å². The van der Waals surface area contributed by atoms with Gasteiger partial charge in [0, 0.05) is 6.42 Å². The van der Waals surface area contributed by atoms with Crippen LogP contribution in [-0.2, 0) is 19.4 Å². The van der Waals surface area contributed by atoms with Crippen LogP contribution < -0.4 is 15.4 Å². The zero-order valence-corrected chi connectivity index (χ0v) is 16.0. The third-order valence-electron chi connectivity index (χ3n) is 3.94. The van der Waals surface area contributed by atoms with E-state index in [0.29, 0.717) is 22.1 Å². The lowest BCUT2D eigenvalue weighted by Crippen LogP contribution is -2.25. The summed E-state index contributed by atoms with van der Waals surface area (Å²) in [5.41, 5.74) is 1.67. The van der Waals surface area contributed by atoms with Crippen LogP contribution in [-0.4, -0.2) is 32.6 Å². The molecule has 0 spiro atoms. The van der Waals surface area contributed by atoms with Gasteiger partial charge in [-0.05, 0) is 42.8 Å². The van der Waals surface area contributed by atoms with E-state index in [2.05, 4.69) is 10.6 Å². The Balaban J connectivity index is 1.67. The number of fused-ring (bicyclic) bond motifs is 1. The van der Waals surface area contributed by atoms with E-state index < -0.39 is 15.7 Å². The van der Waals surface area contributed by atoms with E-state index in [4.69, 9.17) is 16.3 Å². The minimum Gasteiger partial charge on any atom is -0.482 e. The first-order valence-electron chi connectivity index (χ1n) is 8.10. The number of sulfone groups is 1. The highest BCUT2D eigenvalue weighted by Crippen LogP contribution is 2.30.